The van der Waals surface area contributed by atoms with Crippen LogP contribution in [0, 0.1) is 0 Å². The van der Waals surface area contributed by atoms with Crippen molar-refractivity contribution in [2.45, 2.75) is 18.9 Å². The van der Waals surface area contributed by atoms with Gasteiger partial charge >= 0.3 is 0 Å². The lowest BCUT2D eigenvalue weighted by Gasteiger charge is -2.11. The second kappa shape index (κ2) is 6.14. The van der Waals surface area contributed by atoms with Crippen molar-refractivity contribution in [3.05, 3.63) is 55.1 Å². The van der Waals surface area contributed by atoms with Gasteiger partial charge in [0.05, 0.1) is 0 Å². The summed E-state index contributed by atoms with van der Waals surface area (Å²) < 4.78 is 2.29. The SMILES string of the molecule is NC(Cc1cc(Br)cs1)Cc1ccccc1Br. The van der Waals surface area contributed by atoms with Gasteiger partial charge in [0.25, 0.3) is 0 Å². The molecule has 0 aliphatic rings. The summed E-state index contributed by atoms with van der Waals surface area (Å²) in [6.45, 7) is 0. The Labute approximate surface area is 122 Å². The highest BCUT2D eigenvalue weighted by atomic mass is 79.9. The number of nitrogens with two attached hydrogens (primary N) is 1. The molecule has 0 saturated heterocycles. The highest BCUT2D eigenvalue weighted by Gasteiger charge is 2.09. The van der Waals surface area contributed by atoms with Crippen molar-refractivity contribution < 1.29 is 0 Å². The van der Waals surface area contributed by atoms with Gasteiger partial charge in [-0.25, -0.2) is 0 Å². The summed E-state index contributed by atoms with van der Waals surface area (Å²) >= 11 is 8.77. The van der Waals surface area contributed by atoms with Crippen LogP contribution in [0.4, 0.5) is 0 Å². The smallest absolute Gasteiger partial charge is 0.0285 e. The summed E-state index contributed by atoms with van der Waals surface area (Å²) in [6, 6.07) is 10.6. The zero-order chi connectivity index (χ0) is 12.3. The molecule has 90 valence electrons. The lowest BCUT2D eigenvalue weighted by molar-refractivity contribution is 0.669. The first-order valence-electron chi connectivity index (χ1n) is 5.37. The molecular weight excluding hydrogens is 362 g/mol. The van der Waals surface area contributed by atoms with Crippen molar-refractivity contribution in [1.82, 2.24) is 0 Å². The fourth-order valence-corrected chi connectivity index (χ4v) is 3.73. The van der Waals surface area contributed by atoms with Crippen LogP contribution in [0.5, 0.6) is 0 Å². The van der Waals surface area contributed by atoms with Crippen molar-refractivity contribution in [3.8, 4) is 0 Å². The Kier molecular flexibility index (Phi) is 4.79. The third-order valence-corrected chi connectivity index (χ3v) is 5.02. The Morgan fingerprint density at radius 1 is 1.18 bits per heavy atom. The number of thiophene rings is 1. The number of benzene rings is 1. The van der Waals surface area contributed by atoms with Crippen LogP contribution in [0.25, 0.3) is 0 Å². The van der Waals surface area contributed by atoms with Gasteiger partial charge in [0.15, 0.2) is 0 Å². The average molecular weight is 375 g/mol. The quantitative estimate of drug-likeness (QED) is 0.843. The van der Waals surface area contributed by atoms with Gasteiger partial charge in [0, 0.05) is 25.2 Å². The third kappa shape index (κ3) is 3.91. The first-order valence-corrected chi connectivity index (χ1v) is 7.83. The van der Waals surface area contributed by atoms with Crippen LogP contribution in [0.2, 0.25) is 0 Å². The molecule has 0 spiro atoms. The van der Waals surface area contributed by atoms with E-state index in [1.165, 1.54) is 10.4 Å². The molecule has 1 heterocycles. The van der Waals surface area contributed by atoms with Crippen molar-refractivity contribution in [2.24, 2.45) is 5.73 Å². The lowest BCUT2D eigenvalue weighted by Crippen LogP contribution is -2.25. The van der Waals surface area contributed by atoms with Crippen LogP contribution >= 0.6 is 43.2 Å². The van der Waals surface area contributed by atoms with E-state index < -0.39 is 0 Å². The number of hydrogen-bond acceptors (Lipinski definition) is 2. The van der Waals surface area contributed by atoms with Crippen molar-refractivity contribution in [1.29, 1.82) is 0 Å². The molecule has 1 aromatic heterocycles. The Hall–Kier alpha value is -0.160. The maximum absolute atomic E-state index is 6.19. The molecule has 1 nitrogen and oxygen atoms in total. The number of rotatable bonds is 4. The molecule has 0 aliphatic heterocycles. The molecule has 0 aliphatic carbocycles. The van der Waals surface area contributed by atoms with E-state index in [0.717, 1.165) is 21.8 Å². The molecule has 2 N–H and O–H groups in total. The Balaban J connectivity index is 1.98. The highest BCUT2D eigenvalue weighted by Crippen LogP contribution is 2.22. The molecule has 1 atom stereocenters. The van der Waals surface area contributed by atoms with Crippen LogP contribution < -0.4 is 5.73 Å². The minimum Gasteiger partial charge on any atom is -0.327 e. The molecule has 0 fully saturated rings. The second-order valence-corrected chi connectivity index (χ2v) is 6.76. The maximum atomic E-state index is 6.19. The van der Waals surface area contributed by atoms with Crippen LogP contribution in [-0.2, 0) is 12.8 Å². The lowest BCUT2D eigenvalue weighted by atomic mass is 10.0. The molecule has 0 radical (unpaired) electrons. The summed E-state index contributed by atoms with van der Waals surface area (Å²) in [5.41, 5.74) is 7.46. The summed E-state index contributed by atoms with van der Waals surface area (Å²) in [6.07, 6.45) is 1.83. The standard InChI is InChI=1S/C13H13Br2NS/c14-10-6-12(17-8-10)7-11(16)5-9-3-1-2-4-13(9)15/h1-4,6,8,11H,5,7,16H2. The monoisotopic (exact) mass is 373 g/mol. The predicted molar refractivity (Wildman–Crippen MR) is 81.5 cm³/mol. The van der Waals surface area contributed by atoms with E-state index in [1.54, 1.807) is 11.3 Å². The van der Waals surface area contributed by atoms with Gasteiger partial charge in [-0.05, 0) is 46.5 Å². The van der Waals surface area contributed by atoms with Crippen LogP contribution in [0.3, 0.4) is 0 Å². The third-order valence-electron chi connectivity index (χ3n) is 2.53. The normalized spacial score (nSPS) is 12.6. The van der Waals surface area contributed by atoms with Gasteiger partial charge in [-0.15, -0.1) is 11.3 Å². The fourth-order valence-electron chi connectivity index (χ4n) is 1.74. The summed E-state index contributed by atoms with van der Waals surface area (Å²) in [4.78, 5) is 1.33. The molecule has 1 aromatic carbocycles. The van der Waals surface area contributed by atoms with Crippen LogP contribution in [0.1, 0.15) is 10.4 Å². The number of hydrogen-bond donors (Lipinski definition) is 1. The zero-order valence-electron chi connectivity index (χ0n) is 9.20. The van der Waals surface area contributed by atoms with E-state index in [4.69, 9.17) is 5.73 Å². The van der Waals surface area contributed by atoms with Gasteiger partial charge in [-0.3, -0.25) is 0 Å². The molecule has 17 heavy (non-hydrogen) atoms. The van der Waals surface area contributed by atoms with E-state index in [1.807, 2.05) is 6.07 Å². The average Bonchev–Trinajstić information content (AvgIpc) is 2.67. The molecule has 2 rings (SSSR count). The van der Waals surface area contributed by atoms with Gasteiger partial charge in [0.1, 0.15) is 0 Å². The summed E-state index contributed by atoms with van der Waals surface area (Å²) in [7, 11) is 0. The molecule has 0 amide bonds. The first kappa shape index (κ1) is 13.3. The number of halogens is 2. The fraction of sp³-hybridized carbons (Fsp3) is 0.231. The minimum absolute atomic E-state index is 0.166. The van der Waals surface area contributed by atoms with Crippen LogP contribution in [-0.4, -0.2) is 6.04 Å². The van der Waals surface area contributed by atoms with Crippen molar-refractivity contribution in [2.75, 3.05) is 0 Å². The molecule has 0 saturated carbocycles. The Morgan fingerprint density at radius 2 is 1.94 bits per heavy atom. The largest absolute Gasteiger partial charge is 0.327 e. The van der Waals surface area contributed by atoms with E-state index >= 15 is 0 Å². The maximum Gasteiger partial charge on any atom is 0.0285 e. The summed E-state index contributed by atoms with van der Waals surface area (Å²) in [5.74, 6) is 0. The first-order chi connectivity index (χ1) is 8.15. The van der Waals surface area contributed by atoms with Gasteiger partial charge in [-0.2, -0.15) is 0 Å². The molecule has 1 unspecified atom stereocenters. The molecular formula is C13H13Br2NS. The van der Waals surface area contributed by atoms with E-state index in [-0.39, 0.29) is 6.04 Å². The van der Waals surface area contributed by atoms with E-state index in [0.29, 0.717) is 0 Å². The van der Waals surface area contributed by atoms with Gasteiger partial charge in [-0.1, -0.05) is 34.1 Å². The van der Waals surface area contributed by atoms with Gasteiger partial charge in [0.2, 0.25) is 0 Å². The van der Waals surface area contributed by atoms with Crippen molar-refractivity contribution in [3.63, 3.8) is 0 Å². The zero-order valence-corrected chi connectivity index (χ0v) is 13.2. The van der Waals surface area contributed by atoms with E-state index in [2.05, 4.69) is 61.5 Å². The predicted octanol–water partition coefficient (Wildman–Crippen LogP) is 4.39. The van der Waals surface area contributed by atoms with Crippen LogP contribution in [0.15, 0.2) is 44.7 Å². The minimum atomic E-state index is 0.166. The van der Waals surface area contributed by atoms with Crippen molar-refractivity contribution >= 4 is 43.2 Å². The molecule has 4 heteroatoms. The van der Waals surface area contributed by atoms with Gasteiger partial charge < -0.3 is 5.73 Å². The molecule has 2 aromatic rings. The Bertz CT molecular complexity index is 496. The second-order valence-electron chi connectivity index (χ2n) is 3.99. The molecule has 0 bridgehead atoms. The topological polar surface area (TPSA) is 26.0 Å². The summed E-state index contributed by atoms with van der Waals surface area (Å²) in [5, 5.41) is 2.10. The highest BCUT2D eigenvalue weighted by molar-refractivity contribution is 9.10. The Morgan fingerprint density at radius 3 is 2.59 bits per heavy atom. The van der Waals surface area contributed by atoms with E-state index in [9.17, 15) is 0 Å².